The minimum Gasteiger partial charge on any atom is -0.396 e. The average molecular weight is 300 g/mol. The zero-order valence-electron chi connectivity index (χ0n) is 12.6. The van der Waals surface area contributed by atoms with Crippen molar-refractivity contribution in [3.8, 4) is 11.3 Å². The smallest absolute Gasteiger partial charge is 0.141 e. The standard InChI is InChI=1S/C18H21FN2O/c19-17-6-7-18(20-10-17)16-5-1-3-14(9-16)11-21-8-2-4-15(12-21)13-22/h1,3,5-7,9-10,15,22H,2,4,8,11-13H2. The second-order valence-electron chi connectivity index (χ2n) is 5.99. The Morgan fingerprint density at radius 3 is 2.95 bits per heavy atom. The van der Waals surface area contributed by atoms with Crippen molar-refractivity contribution < 1.29 is 9.50 Å². The van der Waals surface area contributed by atoms with Gasteiger partial charge in [-0.3, -0.25) is 9.88 Å². The molecule has 0 radical (unpaired) electrons. The van der Waals surface area contributed by atoms with Crippen molar-refractivity contribution in [1.29, 1.82) is 0 Å². The molecule has 0 spiro atoms. The fourth-order valence-corrected chi connectivity index (χ4v) is 3.08. The number of benzene rings is 1. The molecule has 1 aliphatic heterocycles. The molecule has 1 fully saturated rings. The van der Waals surface area contributed by atoms with E-state index < -0.39 is 0 Å². The lowest BCUT2D eigenvalue weighted by Gasteiger charge is -2.31. The molecule has 22 heavy (non-hydrogen) atoms. The molecule has 1 atom stereocenters. The minimum absolute atomic E-state index is 0.274. The summed E-state index contributed by atoms with van der Waals surface area (Å²) in [4.78, 5) is 6.53. The van der Waals surface area contributed by atoms with E-state index in [0.717, 1.165) is 43.7 Å². The summed E-state index contributed by atoms with van der Waals surface area (Å²) in [5.74, 6) is 0.0824. The number of aromatic nitrogens is 1. The van der Waals surface area contributed by atoms with E-state index in [1.165, 1.54) is 17.8 Å². The third-order valence-electron chi connectivity index (χ3n) is 4.22. The Morgan fingerprint density at radius 1 is 1.27 bits per heavy atom. The Bertz CT molecular complexity index is 615. The highest BCUT2D eigenvalue weighted by Gasteiger charge is 2.19. The van der Waals surface area contributed by atoms with Crippen molar-refractivity contribution in [3.63, 3.8) is 0 Å². The Hall–Kier alpha value is -1.78. The van der Waals surface area contributed by atoms with E-state index in [9.17, 15) is 9.50 Å². The van der Waals surface area contributed by atoms with Gasteiger partial charge in [0.2, 0.25) is 0 Å². The van der Waals surface area contributed by atoms with Crippen LogP contribution in [0.15, 0.2) is 42.6 Å². The van der Waals surface area contributed by atoms with Gasteiger partial charge in [0.1, 0.15) is 5.82 Å². The fourth-order valence-electron chi connectivity index (χ4n) is 3.08. The van der Waals surface area contributed by atoms with Crippen LogP contribution in [0.2, 0.25) is 0 Å². The van der Waals surface area contributed by atoms with Crippen molar-refractivity contribution >= 4 is 0 Å². The number of likely N-dealkylation sites (tertiary alicyclic amines) is 1. The number of aliphatic hydroxyl groups excluding tert-OH is 1. The summed E-state index contributed by atoms with van der Waals surface area (Å²) in [6, 6.07) is 11.4. The topological polar surface area (TPSA) is 36.4 Å². The number of halogens is 1. The summed E-state index contributed by atoms with van der Waals surface area (Å²) in [6.07, 6.45) is 3.51. The molecule has 2 aromatic rings. The van der Waals surface area contributed by atoms with Gasteiger partial charge in [-0.2, -0.15) is 0 Å². The van der Waals surface area contributed by atoms with Crippen molar-refractivity contribution in [1.82, 2.24) is 9.88 Å². The first-order chi connectivity index (χ1) is 10.7. The van der Waals surface area contributed by atoms with Gasteiger partial charge in [-0.15, -0.1) is 0 Å². The first-order valence-corrected chi connectivity index (χ1v) is 7.78. The van der Waals surface area contributed by atoms with Crippen LogP contribution in [0.3, 0.4) is 0 Å². The molecule has 0 aliphatic carbocycles. The van der Waals surface area contributed by atoms with Crippen molar-refractivity contribution in [2.24, 2.45) is 5.92 Å². The summed E-state index contributed by atoms with van der Waals surface area (Å²) in [5, 5.41) is 9.32. The molecule has 1 saturated heterocycles. The number of hydrogen-bond acceptors (Lipinski definition) is 3. The molecule has 3 nitrogen and oxygen atoms in total. The monoisotopic (exact) mass is 300 g/mol. The van der Waals surface area contributed by atoms with Gasteiger partial charge in [0.25, 0.3) is 0 Å². The van der Waals surface area contributed by atoms with Crippen molar-refractivity contribution in [2.75, 3.05) is 19.7 Å². The van der Waals surface area contributed by atoms with Crippen molar-refractivity contribution in [3.05, 3.63) is 54.0 Å². The fraction of sp³-hybridized carbons (Fsp3) is 0.389. The predicted molar refractivity (Wildman–Crippen MR) is 84.7 cm³/mol. The molecule has 4 heteroatoms. The largest absolute Gasteiger partial charge is 0.396 e. The lowest BCUT2D eigenvalue weighted by molar-refractivity contribution is 0.116. The highest BCUT2D eigenvalue weighted by molar-refractivity contribution is 5.59. The Labute approximate surface area is 130 Å². The van der Waals surface area contributed by atoms with E-state index in [1.54, 1.807) is 6.07 Å². The number of hydrogen-bond donors (Lipinski definition) is 1. The van der Waals surface area contributed by atoms with Crippen LogP contribution in [-0.4, -0.2) is 34.7 Å². The normalized spacial score (nSPS) is 19.3. The van der Waals surface area contributed by atoms with Crippen molar-refractivity contribution in [2.45, 2.75) is 19.4 Å². The Balaban J connectivity index is 1.72. The van der Waals surface area contributed by atoms with Crippen LogP contribution in [0.5, 0.6) is 0 Å². The maximum absolute atomic E-state index is 13.0. The van der Waals surface area contributed by atoms with Crippen LogP contribution in [-0.2, 0) is 6.54 Å². The molecule has 1 aromatic carbocycles. The van der Waals surface area contributed by atoms with E-state index in [4.69, 9.17) is 0 Å². The van der Waals surface area contributed by atoms with Crippen LogP contribution in [0, 0.1) is 11.7 Å². The Morgan fingerprint density at radius 2 is 2.18 bits per heavy atom. The molecule has 0 amide bonds. The first-order valence-electron chi connectivity index (χ1n) is 7.78. The Kier molecular flexibility index (Phi) is 4.80. The number of rotatable bonds is 4. The molecule has 1 unspecified atom stereocenters. The zero-order chi connectivity index (χ0) is 15.4. The second-order valence-corrected chi connectivity index (χ2v) is 5.99. The first kappa shape index (κ1) is 15.1. The van der Waals surface area contributed by atoms with E-state index in [0.29, 0.717) is 5.92 Å². The van der Waals surface area contributed by atoms with Gasteiger partial charge >= 0.3 is 0 Å². The van der Waals surface area contributed by atoms with Gasteiger partial charge < -0.3 is 5.11 Å². The molecule has 1 aliphatic rings. The summed E-state index contributed by atoms with van der Waals surface area (Å²) >= 11 is 0. The molecule has 1 aromatic heterocycles. The third kappa shape index (κ3) is 3.70. The quantitative estimate of drug-likeness (QED) is 0.942. The van der Waals surface area contributed by atoms with E-state index >= 15 is 0 Å². The lowest BCUT2D eigenvalue weighted by Crippen LogP contribution is -2.36. The minimum atomic E-state index is -0.316. The molecular weight excluding hydrogens is 279 g/mol. The van der Waals surface area contributed by atoms with Crippen LogP contribution < -0.4 is 0 Å². The maximum atomic E-state index is 13.0. The van der Waals surface area contributed by atoms with Crippen LogP contribution in [0.4, 0.5) is 4.39 Å². The number of aliphatic hydroxyl groups is 1. The highest BCUT2D eigenvalue weighted by atomic mass is 19.1. The van der Waals surface area contributed by atoms with Gasteiger partial charge in [-0.25, -0.2) is 4.39 Å². The number of piperidine rings is 1. The van der Waals surface area contributed by atoms with Gasteiger partial charge in [-0.05, 0) is 49.1 Å². The second kappa shape index (κ2) is 6.99. The van der Waals surface area contributed by atoms with Gasteiger partial charge in [0.05, 0.1) is 11.9 Å². The summed E-state index contributed by atoms with van der Waals surface area (Å²) < 4.78 is 13.0. The van der Waals surface area contributed by atoms with E-state index in [1.807, 2.05) is 12.1 Å². The van der Waals surface area contributed by atoms with E-state index in [-0.39, 0.29) is 12.4 Å². The summed E-state index contributed by atoms with van der Waals surface area (Å²) in [7, 11) is 0. The molecule has 0 bridgehead atoms. The maximum Gasteiger partial charge on any atom is 0.141 e. The van der Waals surface area contributed by atoms with Gasteiger partial charge in [-0.1, -0.05) is 18.2 Å². The van der Waals surface area contributed by atoms with Crippen LogP contribution in [0.25, 0.3) is 11.3 Å². The van der Waals surface area contributed by atoms with Crippen LogP contribution in [0.1, 0.15) is 18.4 Å². The number of nitrogens with zero attached hydrogens (tertiary/aromatic N) is 2. The van der Waals surface area contributed by atoms with Gasteiger partial charge in [0, 0.05) is 25.3 Å². The molecule has 0 saturated carbocycles. The molecular formula is C18H21FN2O. The SMILES string of the molecule is OCC1CCCN(Cc2cccc(-c3ccc(F)cn3)c2)C1. The zero-order valence-corrected chi connectivity index (χ0v) is 12.6. The van der Waals surface area contributed by atoms with Crippen LogP contribution >= 0.6 is 0 Å². The summed E-state index contributed by atoms with van der Waals surface area (Å²) in [5.41, 5.74) is 3.02. The highest BCUT2D eigenvalue weighted by Crippen LogP contribution is 2.22. The predicted octanol–water partition coefficient (Wildman–Crippen LogP) is 3.09. The molecule has 116 valence electrons. The third-order valence-corrected chi connectivity index (χ3v) is 4.22. The lowest BCUT2D eigenvalue weighted by atomic mass is 9.98. The average Bonchev–Trinajstić information content (AvgIpc) is 2.56. The molecule has 2 heterocycles. The van der Waals surface area contributed by atoms with Gasteiger partial charge in [0.15, 0.2) is 0 Å². The molecule has 1 N–H and O–H groups in total. The molecule has 3 rings (SSSR count). The summed E-state index contributed by atoms with van der Waals surface area (Å²) in [6.45, 7) is 3.19. The number of pyridine rings is 1. The van der Waals surface area contributed by atoms with E-state index in [2.05, 4.69) is 22.0 Å².